The Labute approximate surface area is 40.2 Å². The lowest BCUT2D eigenvalue weighted by Gasteiger charge is -1.64. The SMILES string of the molecule is O=NC=CCN=O. The van der Waals surface area contributed by atoms with Crippen molar-refractivity contribution in [1.29, 1.82) is 0 Å². The smallest absolute Gasteiger partial charge is 0.101 e. The van der Waals surface area contributed by atoms with Gasteiger partial charge in [0, 0.05) is 0 Å². The van der Waals surface area contributed by atoms with E-state index in [1.165, 1.54) is 6.08 Å². The first-order chi connectivity index (χ1) is 3.41. The first-order valence-electron chi connectivity index (χ1n) is 1.68. The Morgan fingerprint density at radius 1 is 1.43 bits per heavy atom. The largest absolute Gasteiger partial charge is 0.150 e. The van der Waals surface area contributed by atoms with Crippen molar-refractivity contribution >= 4 is 0 Å². The fourth-order valence-electron chi connectivity index (χ4n) is 0.133. The Morgan fingerprint density at radius 2 is 2.14 bits per heavy atom. The van der Waals surface area contributed by atoms with Gasteiger partial charge >= 0.3 is 0 Å². The Balaban J connectivity index is 3.08. The lowest BCUT2D eigenvalue weighted by Crippen LogP contribution is -1.62. The average molecular weight is 100 g/mol. The minimum absolute atomic E-state index is 0.0196. The number of nitroso groups, excluding NO2 is 2. The molecule has 0 aromatic heterocycles. The van der Waals surface area contributed by atoms with Crippen LogP contribution in [0.2, 0.25) is 0 Å². The van der Waals surface area contributed by atoms with E-state index in [4.69, 9.17) is 0 Å². The van der Waals surface area contributed by atoms with E-state index in [9.17, 15) is 9.81 Å². The van der Waals surface area contributed by atoms with Gasteiger partial charge < -0.3 is 0 Å². The number of nitrogens with zero attached hydrogens (tertiary/aromatic N) is 2. The molecular weight excluding hydrogens is 96.0 g/mol. The highest BCUT2D eigenvalue weighted by atomic mass is 16.3. The summed E-state index contributed by atoms with van der Waals surface area (Å²) in [5, 5.41) is 4.78. The van der Waals surface area contributed by atoms with Crippen LogP contribution in [-0.2, 0) is 0 Å². The molecule has 0 radical (unpaired) electrons. The van der Waals surface area contributed by atoms with Gasteiger partial charge in [0.1, 0.15) is 6.54 Å². The molecule has 0 unspecified atom stereocenters. The van der Waals surface area contributed by atoms with Gasteiger partial charge in [-0.25, -0.2) is 0 Å². The summed E-state index contributed by atoms with van der Waals surface area (Å²) >= 11 is 0. The molecule has 38 valence electrons. The maximum absolute atomic E-state index is 9.23. The predicted octanol–water partition coefficient (Wildman–Crippen LogP) is 1.03. The van der Waals surface area contributed by atoms with Crippen LogP contribution in [0.4, 0.5) is 0 Å². The van der Waals surface area contributed by atoms with Crippen LogP contribution in [-0.4, -0.2) is 6.54 Å². The molecule has 0 rings (SSSR count). The van der Waals surface area contributed by atoms with Crippen molar-refractivity contribution in [3.05, 3.63) is 22.1 Å². The topological polar surface area (TPSA) is 58.9 Å². The molecule has 0 aliphatic heterocycles. The Hall–Kier alpha value is -1.06. The van der Waals surface area contributed by atoms with Gasteiger partial charge in [-0.05, 0) is 11.3 Å². The van der Waals surface area contributed by atoms with Crippen LogP contribution in [0.3, 0.4) is 0 Å². The second-order valence-corrected chi connectivity index (χ2v) is 0.802. The second kappa shape index (κ2) is 4.94. The Morgan fingerprint density at radius 3 is 2.57 bits per heavy atom. The maximum atomic E-state index is 9.23. The van der Waals surface area contributed by atoms with E-state index in [1.54, 1.807) is 0 Å². The molecule has 7 heavy (non-hydrogen) atoms. The lowest BCUT2D eigenvalue weighted by molar-refractivity contribution is 1.21. The highest BCUT2D eigenvalue weighted by Gasteiger charge is 1.67. The van der Waals surface area contributed by atoms with Gasteiger partial charge in [0.05, 0.1) is 6.20 Å². The van der Waals surface area contributed by atoms with Gasteiger partial charge in [0.15, 0.2) is 0 Å². The van der Waals surface area contributed by atoms with Crippen molar-refractivity contribution in [3.8, 4) is 0 Å². The van der Waals surface area contributed by atoms with Gasteiger partial charge in [-0.1, -0.05) is 5.18 Å². The summed E-state index contributed by atoms with van der Waals surface area (Å²) in [5.74, 6) is 0. The summed E-state index contributed by atoms with van der Waals surface area (Å²) in [4.78, 5) is 18.4. The number of rotatable bonds is 3. The molecule has 4 nitrogen and oxygen atoms in total. The highest BCUT2D eigenvalue weighted by molar-refractivity contribution is 4.80. The van der Waals surface area contributed by atoms with Crippen LogP contribution >= 0.6 is 0 Å². The zero-order valence-electron chi connectivity index (χ0n) is 3.57. The van der Waals surface area contributed by atoms with Crippen LogP contribution in [0.25, 0.3) is 0 Å². The molecule has 0 spiro atoms. The number of hydrogen-bond acceptors (Lipinski definition) is 4. The van der Waals surface area contributed by atoms with Gasteiger partial charge in [0.2, 0.25) is 0 Å². The fourth-order valence-corrected chi connectivity index (χ4v) is 0.133. The third kappa shape index (κ3) is 4.94. The molecule has 0 aromatic rings. The van der Waals surface area contributed by atoms with Crippen molar-refractivity contribution in [2.45, 2.75) is 0 Å². The molecule has 0 saturated heterocycles. The highest BCUT2D eigenvalue weighted by Crippen LogP contribution is 1.72. The number of hydrogen-bond donors (Lipinski definition) is 0. The lowest BCUT2D eigenvalue weighted by atomic mass is 10.6. The summed E-state index contributed by atoms with van der Waals surface area (Å²) in [6, 6.07) is 0. The quantitative estimate of drug-likeness (QED) is 0.497. The second-order valence-electron chi connectivity index (χ2n) is 0.802. The molecule has 0 amide bonds. The van der Waals surface area contributed by atoms with Crippen LogP contribution in [0.1, 0.15) is 0 Å². The third-order valence-electron chi connectivity index (χ3n) is 0.346. The summed E-state index contributed by atoms with van der Waals surface area (Å²) in [6.45, 7) is 0.0196. The van der Waals surface area contributed by atoms with Gasteiger partial charge in [0.25, 0.3) is 0 Å². The molecule has 0 N–H and O–H groups in total. The third-order valence-corrected chi connectivity index (χ3v) is 0.346. The van der Waals surface area contributed by atoms with Crippen molar-refractivity contribution < 1.29 is 0 Å². The first-order valence-corrected chi connectivity index (χ1v) is 1.68. The molecule has 0 fully saturated rings. The molecule has 0 aromatic carbocycles. The van der Waals surface area contributed by atoms with Gasteiger partial charge in [-0.2, -0.15) is 4.91 Å². The first kappa shape index (κ1) is 5.94. The van der Waals surface area contributed by atoms with E-state index in [-0.39, 0.29) is 6.54 Å². The van der Waals surface area contributed by atoms with Crippen LogP contribution < -0.4 is 0 Å². The van der Waals surface area contributed by atoms with Gasteiger partial charge in [-0.15, -0.1) is 4.91 Å². The zero-order chi connectivity index (χ0) is 5.54. The van der Waals surface area contributed by atoms with E-state index >= 15 is 0 Å². The minimum atomic E-state index is 0.0196. The van der Waals surface area contributed by atoms with Crippen molar-refractivity contribution in [3.63, 3.8) is 0 Å². The summed E-state index contributed by atoms with van der Waals surface area (Å²) in [6.07, 6.45) is 2.27. The summed E-state index contributed by atoms with van der Waals surface area (Å²) in [7, 11) is 0. The molecule has 0 saturated carbocycles. The predicted molar refractivity (Wildman–Crippen MR) is 25.6 cm³/mol. The molecular formula is C3H4N2O2. The van der Waals surface area contributed by atoms with E-state index in [0.717, 1.165) is 6.20 Å². The summed E-state index contributed by atoms with van der Waals surface area (Å²) < 4.78 is 0. The van der Waals surface area contributed by atoms with Crippen molar-refractivity contribution in [2.75, 3.05) is 6.54 Å². The molecule has 0 heterocycles. The van der Waals surface area contributed by atoms with Gasteiger partial charge in [-0.3, -0.25) is 0 Å². The molecule has 4 heteroatoms. The Kier molecular flexibility index (Phi) is 4.19. The average Bonchev–Trinajstić information content (AvgIpc) is 1.69. The van der Waals surface area contributed by atoms with Crippen LogP contribution in [0.5, 0.6) is 0 Å². The zero-order valence-corrected chi connectivity index (χ0v) is 3.57. The minimum Gasteiger partial charge on any atom is -0.150 e. The molecule has 0 aliphatic carbocycles. The molecule has 0 atom stereocenters. The summed E-state index contributed by atoms with van der Waals surface area (Å²) in [5.41, 5.74) is 0. The fraction of sp³-hybridized carbons (Fsp3) is 0.333. The van der Waals surface area contributed by atoms with Crippen LogP contribution in [0, 0.1) is 9.81 Å². The Bertz CT molecular complexity index is 88.9. The van der Waals surface area contributed by atoms with E-state index in [2.05, 4.69) is 10.4 Å². The van der Waals surface area contributed by atoms with E-state index in [0.29, 0.717) is 0 Å². The van der Waals surface area contributed by atoms with E-state index < -0.39 is 0 Å². The molecule has 0 aliphatic rings. The molecule has 0 bridgehead atoms. The maximum Gasteiger partial charge on any atom is 0.101 e. The monoisotopic (exact) mass is 100 g/mol. The standard InChI is InChI=1S/C3H4N2O2/c6-4-2-1-3-5-7/h1-2H,3H2. The normalized spacial score (nSPS) is 9.14. The van der Waals surface area contributed by atoms with Crippen LogP contribution in [0.15, 0.2) is 22.6 Å². The van der Waals surface area contributed by atoms with E-state index in [1.807, 2.05) is 0 Å². The van der Waals surface area contributed by atoms with Crippen molar-refractivity contribution in [2.24, 2.45) is 10.4 Å². The van der Waals surface area contributed by atoms with Crippen molar-refractivity contribution in [1.82, 2.24) is 0 Å².